The van der Waals surface area contributed by atoms with Crippen molar-refractivity contribution in [2.45, 2.75) is 0 Å². The van der Waals surface area contributed by atoms with Crippen molar-refractivity contribution in [2.24, 2.45) is 0 Å². The molecule has 0 heterocycles. The van der Waals surface area contributed by atoms with E-state index in [-0.39, 0.29) is 0 Å². The number of anilines is 1. The van der Waals surface area contributed by atoms with Crippen LogP contribution >= 0.6 is 11.6 Å². The third-order valence-corrected chi connectivity index (χ3v) is 2.59. The van der Waals surface area contributed by atoms with E-state index in [1.54, 1.807) is 18.2 Å². The lowest BCUT2D eigenvalue weighted by Crippen LogP contribution is -2.09. The first-order chi connectivity index (χ1) is 8.75. The molecule has 2 aromatic rings. The first kappa shape index (κ1) is 12.6. The van der Waals surface area contributed by atoms with Gasteiger partial charge in [-0.05, 0) is 36.4 Å². The van der Waals surface area contributed by atoms with E-state index >= 15 is 0 Å². The van der Waals surface area contributed by atoms with Gasteiger partial charge < -0.3 is 15.2 Å². The van der Waals surface area contributed by atoms with Gasteiger partial charge in [-0.3, -0.25) is 0 Å². The molecule has 0 spiro atoms. The molecule has 0 aliphatic rings. The summed E-state index contributed by atoms with van der Waals surface area (Å²) in [5.74, 6) is 1.45. The number of benzene rings is 2. The van der Waals surface area contributed by atoms with E-state index in [1.165, 1.54) is 0 Å². The van der Waals surface area contributed by atoms with Gasteiger partial charge in [-0.1, -0.05) is 23.7 Å². The number of rotatable bonds is 5. The van der Waals surface area contributed by atoms with E-state index in [4.69, 9.17) is 26.8 Å². The van der Waals surface area contributed by atoms with Crippen LogP contribution in [0.25, 0.3) is 0 Å². The zero-order valence-corrected chi connectivity index (χ0v) is 10.6. The van der Waals surface area contributed by atoms with Crippen LogP contribution in [0.5, 0.6) is 11.5 Å². The van der Waals surface area contributed by atoms with Crippen LogP contribution in [0.4, 0.5) is 5.69 Å². The van der Waals surface area contributed by atoms with Crippen molar-refractivity contribution in [3.63, 3.8) is 0 Å². The van der Waals surface area contributed by atoms with Crippen molar-refractivity contribution in [1.29, 1.82) is 0 Å². The molecule has 2 N–H and O–H groups in total. The standard InChI is InChI=1S/C14H14ClNO2/c15-11-5-7-12(8-6-11)17-9-10-18-14-4-2-1-3-13(14)16/h1-8H,9-10,16H2. The summed E-state index contributed by atoms with van der Waals surface area (Å²) in [6, 6.07) is 14.6. The van der Waals surface area contributed by atoms with Gasteiger partial charge in [-0.15, -0.1) is 0 Å². The topological polar surface area (TPSA) is 44.5 Å². The Morgan fingerprint density at radius 3 is 2.28 bits per heavy atom. The summed E-state index contributed by atoms with van der Waals surface area (Å²) in [4.78, 5) is 0. The van der Waals surface area contributed by atoms with Crippen LogP contribution in [0.2, 0.25) is 5.02 Å². The summed E-state index contributed by atoms with van der Waals surface area (Å²) in [7, 11) is 0. The van der Waals surface area contributed by atoms with Crippen LogP contribution in [0.15, 0.2) is 48.5 Å². The van der Waals surface area contributed by atoms with Crippen molar-refractivity contribution in [3.8, 4) is 11.5 Å². The van der Waals surface area contributed by atoms with Crippen molar-refractivity contribution in [2.75, 3.05) is 18.9 Å². The summed E-state index contributed by atoms with van der Waals surface area (Å²) in [5, 5.41) is 0.690. The predicted molar refractivity (Wildman–Crippen MR) is 73.3 cm³/mol. The maximum absolute atomic E-state index is 5.78. The first-order valence-corrected chi connectivity index (χ1v) is 5.99. The van der Waals surface area contributed by atoms with Crippen molar-refractivity contribution < 1.29 is 9.47 Å². The Hall–Kier alpha value is -1.87. The summed E-state index contributed by atoms with van der Waals surface area (Å²) in [5.41, 5.74) is 6.38. The van der Waals surface area contributed by atoms with Gasteiger partial charge >= 0.3 is 0 Å². The SMILES string of the molecule is Nc1ccccc1OCCOc1ccc(Cl)cc1. The Morgan fingerprint density at radius 2 is 1.56 bits per heavy atom. The molecule has 0 fully saturated rings. The Balaban J connectivity index is 1.76. The molecule has 0 aliphatic carbocycles. The maximum Gasteiger partial charge on any atom is 0.142 e. The minimum absolute atomic E-state index is 0.441. The van der Waals surface area contributed by atoms with Gasteiger partial charge in [0.2, 0.25) is 0 Å². The third kappa shape index (κ3) is 3.57. The Kier molecular flexibility index (Phi) is 4.31. The minimum Gasteiger partial charge on any atom is -0.490 e. The number of nitrogens with two attached hydrogens (primary N) is 1. The Bertz CT molecular complexity index is 499. The van der Waals surface area contributed by atoms with E-state index in [9.17, 15) is 0 Å². The molecule has 94 valence electrons. The fourth-order valence-corrected chi connectivity index (χ4v) is 1.58. The number of hydrogen-bond donors (Lipinski definition) is 1. The summed E-state index contributed by atoms with van der Waals surface area (Å²) < 4.78 is 11.0. The van der Waals surface area contributed by atoms with Gasteiger partial charge in [0, 0.05) is 5.02 Å². The molecule has 0 atom stereocenters. The highest BCUT2D eigenvalue weighted by atomic mass is 35.5. The molecule has 0 saturated carbocycles. The molecule has 2 aromatic carbocycles. The van der Waals surface area contributed by atoms with Crippen LogP contribution in [0.1, 0.15) is 0 Å². The second-order valence-corrected chi connectivity index (χ2v) is 4.13. The average molecular weight is 264 g/mol. The molecule has 0 amide bonds. The van der Waals surface area contributed by atoms with Crippen molar-refractivity contribution >= 4 is 17.3 Å². The lowest BCUT2D eigenvalue weighted by molar-refractivity contribution is 0.218. The number of nitrogen functional groups attached to an aromatic ring is 1. The smallest absolute Gasteiger partial charge is 0.142 e. The van der Waals surface area contributed by atoms with Gasteiger partial charge in [0.15, 0.2) is 0 Å². The van der Waals surface area contributed by atoms with Crippen LogP contribution in [0, 0.1) is 0 Å². The first-order valence-electron chi connectivity index (χ1n) is 5.61. The van der Waals surface area contributed by atoms with Crippen molar-refractivity contribution in [1.82, 2.24) is 0 Å². The highest BCUT2D eigenvalue weighted by Crippen LogP contribution is 2.19. The molecule has 0 unspecified atom stereocenters. The molecule has 3 nitrogen and oxygen atoms in total. The molecule has 0 aromatic heterocycles. The molecular formula is C14H14ClNO2. The van der Waals surface area contributed by atoms with E-state index in [0.717, 1.165) is 5.75 Å². The number of hydrogen-bond acceptors (Lipinski definition) is 3. The predicted octanol–water partition coefficient (Wildman–Crippen LogP) is 3.38. The molecular weight excluding hydrogens is 250 g/mol. The normalized spacial score (nSPS) is 10.1. The second-order valence-electron chi connectivity index (χ2n) is 3.69. The van der Waals surface area contributed by atoms with Gasteiger partial charge in [0.05, 0.1) is 5.69 Å². The van der Waals surface area contributed by atoms with Crippen LogP contribution in [-0.2, 0) is 0 Å². The maximum atomic E-state index is 5.78. The van der Waals surface area contributed by atoms with Gasteiger partial charge in [0.1, 0.15) is 24.7 Å². The Morgan fingerprint density at radius 1 is 0.889 bits per heavy atom. The quantitative estimate of drug-likeness (QED) is 0.664. The monoisotopic (exact) mass is 263 g/mol. The third-order valence-electron chi connectivity index (χ3n) is 2.34. The number of halogens is 1. The summed E-state index contributed by atoms with van der Waals surface area (Å²) in [6.07, 6.45) is 0. The second kappa shape index (κ2) is 6.17. The van der Waals surface area contributed by atoms with Crippen LogP contribution < -0.4 is 15.2 Å². The molecule has 18 heavy (non-hydrogen) atoms. The fraction of sp³-hybridized carbons (Fsp3) is 0.143. The number of ether oxygens (including phenoxy) is 2. The van der Waals surface area contributed by atoms with Gasteiger partial charge in [0.25, 0.3) is 0 Å². The van der Waals surface area contributed by atoms with E-state index in [2.05, 4.69) is 0 Å². The lowest BCUT2D eigenvalue weighted by atomic mass is 10.3. The fourth-order valence-electron chi connectivity index (χ4n) is 1.45. The van der Waals surface area contributed by atoms with Gasteiger partial charge in [-0.25, -0.2) is 0 Å². The zero-order chi connectivity index (χ0) is 12.8. The molecule has 2 rings (SSSR count). The van der Waals surface area contributed by atoms with E-state index < -0.39 is 0 Å². The molecule has 4 heteroatoms. The minimum atomic E-state index is 0.441. The summed E-state index contributed by atoms with van der Waals surface area (Å²) in [6.45, 7) is 0.896. The molecule has 0 bridgehead atoms. The molecule has 0 saturated heterocycles. The molecule has 0 aliphatic heterocycles. The van der Waals surface area contributed by atoms with Crippen molar-refractivity contribution in [3.05, 3.63) is 53.6 Å². The highest BCUT2D eigenvalue weighted by molar-refractivity contribution is 6.30. The van der Waals surface area contributed by atoms with Gasteiger partial charge in [-0.2, -0.15) is 0 Å². The van der Waals surface area contributed by atoms with Crippen LogP contribution in [0.3, 0.4) is 0 Å². The van der Waals surface area contributed by atoms with E-state index in [1.807, 2.05) is 30.3 Å². The largest absolute Gasteiger partial charge is 0.490 e. The average Bonchev–Trinajstić information content (AvgIpc) is 2.39. The lowest BCUT2D eigenvalue weighted by Gasteiger charge is -2.09. The summed E-state index contributed by atoms with van der Waals surface area (Å²) >= 11 is 5.78. The van der Waals surface area contributed by atoms with E-state index in [0.29, 0.717) is 29.7 Å². The highest BCUT2D eigenvalue weighted by Gasteiger charge is 1.98. The Labute approximate surface area is 111 Å². The zero-order valence-electron chi connectivity index (χ0n) is 9.80. The van der Waals surface area contributed by atoms with Crippen LogP contribution in [-0.4, -0.2) is 13.2 Å². The number of para-hydroxylation sites is 2. The molecule has 0 radical (unpaired) electrons.